The molecule has 0 radical (unpaired) electrons. The van der Waals surface area contributed by atoms with Gasteiger partial charge in [0.15, 0.2) is 0 Å². The van der Waals surface area contributed by atoms with Gasteiger partial charge >= 0.3 is 0 Å². The van der Waals surface area contributed by atoms with E-state index in [-0.39, 0.29) is 18.6 Å². The van der Waals surface area contributed by atoms with E-state index in [1.165, 1.54) is 19.3 Å². The molecule has 1 amide bonds. The second-order valence-corrected chi connectivity index (χ2v) is 5.23. The standard InChI is InChI=1S/C13H25NO3/c1-13(2,17-3)12(16)14(9-10-15)11-7-5-4-6-8-11/h11,15H,4-10H2,1-3H3. The van der Waals surface area contributed by atoms with Crippen LogP contribution in [0.4, 0.5) is 0 Å². The minimum Gasteiger partial charge on any atom is -0.395 e. The number of carbonyl (C=O) groups is 1. The topological polar surface area (TPSA) is 49.8 Å². The van der Waals surface area contributed by atoms with E-state index in [0.717, 1.165) is 12.8 Å². The number of carbonyl (C=O) groups excluding carboxylic acids is 1. The number of aliphatic hydroxyl groups excluding tert-OH is 1. The molecule has 1 N–H and O–H groups in total. The van der Waals surface area contributed by atoms with Crippen LogP contribution in [0, 0.1) is 0 Å². The smallest absolute Gasteiger partial charge is 0.254 e. The van der Waals surface area contributed by atoms with E-state index in [1.807, 2.05) is 4.90 Å². The number of methoxy groups -OCH3 is 1. The van der Waals surface area contributed by atoms with E-state index in [1.54, 1.807) is 21.0 Å². The molecule has 0 atom stereocenters. The van der Waals surface area contributed by atoms with Crippen molar-refractivity contribution in [2.24, 2.45) is 0 Å². The summed E-state index contributed by atoms with van der Waals surface area (Å²) in [5.74, 6) is -0.0130. The van der Waals surface area contributed by atoms with Gasteiger partial charge in [-0.15, -0.1) is 0 Å². The summed E-state index contributed by atoms with van der Waals surface area (Å²) in [5.41, 5.74) is -0.799. The van der Waals surface area contributed by atoms with Gasteiger partial charge in [-0.25, -0.2) is 0 Å². The van der Waals surface area contributed by atoms with Crippen LogP contribution in [0.25, 0.3) is 0 Å². The van der Waals surface area contributed by atoms with Crippen molar-refractivity contribution in [3.05, 3.63) is 0 Å². The predicted molar refractivity (Wildman–Crippen MR) is 66.8 cm³/mol. The zero-order chi connectivity index (χ0) is 12.9. The molecule has 100 valence electrons. The minimum absolute atomic E-state index is 0.0130. The third kappa shape index (κ3) is 3.68. The highest BCUT2D eigenvalue weighted by molar-refractivity contribution is 5.84. The first-order valence-electron chi connectivity index (χ1n) is 6.50. The van der Waals surface area contributed by atoms with Crippen molar-refractivity contribution >= 4 is 5.91 Å². The zero-order valence-corrected chi connectivity index (χ0v) is 11.2. The summed E-state index contributed by atoms with van der Waals surface area (Å²) in [6.45, 7) is 3.99. The number of amides is 1. The van der Waals surface area contributed by atoms with Crippen LogP contribution in [-0.2, 0) is 9.53 Å². The van der Waals surface area contributed by atoms with Crippen molar-refractivity contribution < 1.29 is 14.6 Å². The summed E-state index contributed by atoms with van der Waals surface area (Å²) < 4.78 is 5.24. The third-order valence-corrected chi connectivity index (χ3v) is 3.64. The summed E-state index contributed by atoms with van der Waals surface area (Å²) in [4.78, 5) is 14.2. The molecular weight excluding hydrogens is 218 g/mol. The number of aliphatic hydroxyl groups is 1. The summed E-state index contributed by atoms with van der Waals surface area (Å²) in [5, 5.41) is 9.12. The van der Waals surface area contributed by atoms with Crippen molar-refractivity contribution in [2.75, 3.05) is 20.3 Å². The number of hydrogen-bond donors (Lipinski definition) is 1. The highest BCUT2D eigenvalue weighted by atomic mass is 16.5. The molecule has 0 spiro atoms. The summed E-state index contributed by atoms with van der Waals surface area (Å²) in [6, 6.07) is 0.276. The molecule has 0 aromatic heterocycles. The first kappa shape index (κ1) is 14.5. The van der Waals surface area contributed by atoms with Crippen molar-refractivity contribution in [3.63, 3.8) is 0 Å². The first-order chi connectivity index (χ1) is 8.03. The van der Waals surface area contributed by atoms with Crippen molar-refractivity contribution in [2.45, 2.75) is 57.6 Å². The Morgan fingerprint density at radius 3 is 2.41 bits per heavy atom. The van der Waals surface area contributed by atoms with E-state index in [2.05, 4.69) is 0 Å². The average Bonchev–Trinajstić information content (AvgIpc) is 2.36. The lowest BCUT2D eigenvalue weighted by Crippen LogP contribution is -2.52. The zero-order valence-electron chi connectivity index (χ0n) is 11.2. The van der Waals surface area contributed by atoms with Crippen LogP contribution in [0.1, 0.15) is 46.0 Å². The summed E-state index contributed by atoms with van der Waals surface area (Å²) >= 11 is 0. The summed E-state index contributed by atoms with van der Waals surface area (Å²) in [6.07, 6.45) is 5.70. The molecule has 1 rings (SSSR count). The maximum absolute atomic E-state index is 12.4. The lowest BCUT2D eigenvalue weighted by atomic mass is 9.93. The fourth-order valence-corrected chi connectivity index (χ4v) is 2.38. The molecule has 0 aromatic carbocycles. The quantitative estimate of drug-likeness (QED) is 0.797. The van der Waals surface area contributed by atoms with Crippen LogP contribution in [0.3, 0.4) is 0 Å². The molecule has 0 aromatic rings. The number of ether oxygens (including phenoxy) is 1. The molecule has 0 heterocycles. The lowest BCUT2D eigenvalue weighted by molar-refractivity contribution is -0.154. The number of nitrogens with zero attached hydrogens (tertiary/aromatic N) is 1. The normalized spacial score (nSPS) is 18.1. The monoisotopic (exact) mass is 243 g/mol. The van der Waals surface area contributed by atoms with Crippen LogP contribution in [0.2, 0.25) is 0 Å². The van der Waals surface area contributed by atoms with Gasteiger partial charge in [-0.05, 0) is 26.7 Å². The van der Waals surface area contributed by atoms with E-state index in [9.17, 15) is 4.79 Å². The average molecular weight is 243 g/mol. The van der Waals surface area contributed by atoms with Gasteiger partial charge in [-0.2, -0.15) is 0 Å². The Bertz CT molecular complexity index is 247. The molecule has 0 bridgehead atoms. The Kier molecular flexibility index (Phi) is 5.40. The summed E-state index contributed by atoms with van der Waals surface area (Å²) in [7, 11) is 1.55. The van der Waals surface area contributed by atoms with Gasteiger partial charge in [0, 0.05) is 19.7 Å². The highest BCUT2D eigenvalue weighted by Gasteiger charge is 2.35. The fourth-order valence-electron chi connectivity index (χ4n) is 2.38. The lowest BCUT2D eigenvalue weighted by Gasteiger charge is -2.38. The Balaban J connectivity index is 2.73. The third-order valence-electron chi connectivity index (χ3n) is 3.64. The second-order valence-electron chi connectivity index (χ2n) is 5.23. The fraction of sp³-hybridized carbons (Fsp3) is 0.923. The maximum atomic E-state index is 12.4. The van der Waals surface area contributed by atoms with Gasteiger partial charge in [0.2, 0.25) is 0 Å². The first-order valence-corrected chi connectivity index (χ1v) is 6.50. The van der Waals surface area contributed by atoms with Gasteiger partial charge in [-0.3, -0.25) is 4.79 Å². The van der Waals surface area contributed by atoms with E-state index in [4.69, 9.17) is 9.84 Å². The molecule has 4 heteroatoms. The minimum atomic E-state index is -0.799. The molecule has 1 saturated carbocycles. The van der Waals surface area contributed by atoms with Crippen molar-refractivity contribution in [1.82, 2.24) is 4.90 Å². The Labute approximate surface area is 104 Å². The van der Waals surface area contributed by atoms with Gasteiger partial charge in [-0.1, -0.05) is 19.3 Å². The molecule has 1 aliphatic carbocycles. The van der Waals surface area contributed by atoms with E-state index in [0.29, 0.717) is 6.54 Å². The molecule has 0 saturated heterocycles. The van der Waals surface area contributed by atoms with Gasteiger partial charge in [0.1, 0.15) is 5.60 Å². The van der Waals surface area contributed by atoms with Crippen LogP contribution in [0.15, 0.2) is 0 Å². The Hall–Kier alpha value is -0.610. The van der Waals surface area contributed by atoms with Crippen LogP contribution < -0.4 is 0 Å². The number of hydrogen-bond acceptors (Lipinski definition) is 3. The van der Waals surface area contributed by atoms with Gasteiger partial charge in [0.05, 0.1) is 6.61 Å². The maximum Gasteiger partial charge on any atom is 0.254 e. The molecule has 0 unspecified atom stereocenters. The van der Waals surface area contributed by atoms with Crippen molar-refractivity contribution in [1.29, 1.82) is 0 Å². The Morgan fingerprint density at radius 2 is 1.94 bits per heavy atom. The molecule has 1 fully saturated rings. The number of rotatable bonds is 5. The van der Waals surface area contributed by atoms with Gasteiger partial charge in [0.25, 0.3) is 5.91 Å². The van der Waals surface area contributed by atoms with Crippen molar-refractivity contribution in [3.8, 4) is 0 Å². The van der Waals surface area contributed by atoms with Crippen LogP contribution >= 0.6 is 0 Å². The highest BCUT2D eigenvalue weighted by Crippen LogP contribution is 2.25. The molecule has 0 aliphatic heterocycles. The molecular formula is C13H25NO3. The second kappa shape index (κ2) is 6.36. The molecule has 4 nitrogen and oxygen atoms in total. The van der Waals surface area contributed by atoms with E-state index < -0.39 is 5.60 Å². The molecule has 1 aliphatic rings. The van der Waals surface area contributed by atoms with E-state index >= 15 is 0 Å². The van der Waals surface area contributed by atoms with Crippen LogP contribution in [0.5, 0.6) is 0 Å². The molecule has 17 heavy (non-hydrogen) atoms. The van der Waals surface area contributed by atoms with Crippen LogP contribution in [-0.4, -0.2) is 47.8 Å². The largest absolute Gasteiger partial charge is 0.395 e. The predicted octanol–water partition coefficient (Wildman–Crippen LogP) is 1.56. The Morgan fingerprint density at radius 1 is 1.35 bits per heavy atom. The van der Waals surface area contributed by atoms with Gasteiger partial charge < -0.3 is 14.7 Å². The SMILES string of the molecule is COC(C)(C)C(=O)N(CCO)C1CCCCC1.